The van der Waals surface area contributed by atoms with E-state index in [-0.39, 0.29) is 18.3 Å². The van der Waals surface area contributed by atoms with Gasteiger partial charge >= 0.3 is 0 Å². The van der Waals surface area contributed by atoms with E-state index in [1.54, 1.807) is 6.21 Å². The topological polar surface area (TPSA) is 47.9 Å². The minimum Gasteiger partial charge on any atom is -0.486 e. The third-order valence-corrected chi connectivity index (χ3v) is 5.49. The fraction of sp³-hybridized carbons (Fsp3) is 0.462. The number of Topliss-reactive ketones (excluding diaryl/α,β-unsaturated/α-hetero) is 1. The van der Waals surface area contributed by atoms with Crippen LogP contribution in [0.3, 0.4) is 0 Å². The molecule has 0 aromatic heterocycles. The Labute approximate surface area is 180 Å². The second-order valence-electron chi connectivity index (χ2n) is 8.71. The monoisotopic (exact) mass is 407 g/mol. The number of hydrogen-bond donors (Lipinski definition) is 0. The Kier molecular flexibility index (Phi) is 7.67. The van der Waals surface area contributed by atoms with Gasteiger partial charge in [-0.1, -0.05) is 63.2 Å². The van der Waals surface area contributed by atoms with Crippen LogP contribution in [0.5, 0.6) is 5.75 Å². The highest BCUT2D eigenvalue weighted by Gasteiger charge is 2.29. The van der Waals surface area contributed by atoms with Gasteiger partial charge in [-0.25, -0.2) is 0 Å². The molecular formula is C26H33NO3. The van der Waals surface area contributed by atoms with Crippen LogP contribution in [0.15, 0.2) is 47.6 Å². The summed E-state index contributed by atoms with van der Waals surface area (Å²) in [6.45, 7) is 9.50. The van der Waals surface area contributed by atoms with Gasteiger partial charge in [-0.05, 0) is 59.1 Å². The molecule has 4 nitrogen and oxygen atoms in total. The van der Waals surface area contributed by atoms with Gasteiger partial charge in [0, 0.05) is 18.6 Å². The number of benzene rings is 2. The van der Waals surface area contributed by atoms with Crippen LogP contribution < -0.4 is 4.74 Å². The van der Waals surface area contributed by atoms with E-state index in [0.717, 1.165) is 24.2 Å². The lowest BCUT2D eigenvalue weighted by molar-refractivity contribution is -0.122. The Morgan fingerprint density at radius 1 is 1.07 bits per heavy atom. The van der Waals surface area contributed by atoms with Crippen molar-refractivity contribution in [3.05, 3.63) is 64.7 Å². The lowest BCUT2D eigenvalue weighted by Gasteiger charge is -2.15. The van der Waals surface area contributed by atoms with Crippen molar-refractivity contribution in [1.29, 1.82) is 0 Å². The second-order valence-corrected chi connectivity index (χ2v) is 8.71. The van der Waals surface area contributed by atoms with E-state index in [4.69, 9.17) is 9.57 Å². The first-order valence-corrected chi connectivity index (χ1v) is 10.9. The normalized spacial score (nSPS) is 13.9. The average molecular weight is 408 g/mol. The highest BCUT2D eigenvalue weighted by molar-refractivity contribution is 5.84. The number of carbonyl (C=O) groups excluding carboxylic acids is 1. The Morgan fingerprint density at radius 3 is 2.43 bits per heavy atom. The summed E-state index contributed by atoms with van der Waals surface area (Å²) in [5, 5.41) is 4.13. The number of nitrogens with zero attached hydrogens (tertiary/aromatic N) is 1. The molecule has 1 aliphatic carbocycles. The lowest BCUT2D eigenvalue weighted by atomic mass is 9.92. The molecule has 0 aliphatic heterocycles. The first-order chi connectivity index (χ1) is 14.4. The molecule has 0 unspecified atom stereocenters. The zero-order chi connectivity index (χ0) is 21.5. The zero-order valence-electron chi connectivity index (χ0n) is 18.6. The highest BCUT2D eigenvalue weighted by Crippen LogP contribution is 2.30. The van der Waals surface area contributed by atoms with Gasteiger partial charge in [0.2, 0.25) is 0 Å². The maximum absolute atomic E-state index is 11.7. The molecule has 2 aromatic rings. The summed E-state index contributed by atoms with van der Waals surface area (Å²) < 4.78 is 5.56. The van der Waals surface area contributed by atoms with Gasteiger partial charge in [0.05, 0.1) is 0 Å². The number of carbonyl (C=O) groups is 1. The SMILES string of the molecule is CC(C)c1ccc(CON=CCc2ccc(OCC(=O)C3CC3)cc2)c(C(C)C)c1. The number of ketones is 1. The van der Waals surface area contributed by atoms with E-state index >= 15 is 0 Å². The molecule has 3 rings (SSSR count). The van der Waals surface area contributed by atoms with Crippen LogP contribution in [-0.4, -0.2) is 18.6 Å². The van der Waals surface area contributed by atoms with Crippen molar-refractivity contribution < 1.29 is 14.4 Å². The van der Waals surface area contributed by atoms with Crippen LogP contribution in [-0.2, 0) is 22.7 Å². The predicted molar refractivity (Wildman–Crippen MR) is 121 cm³/mol. The van der Waals surface area contributed by atoms with Gasteiger partial charge < -0.3 is 9.57 Å². The van der Waals surface area contributed by atoms with Crippen molar-refractivity contribution in [1.82, 2.24) is 0 Å². The quantitative estimate of drug-likeness (QED) is 0.337. The number of ether oxygens (including phenoxy) is 1. The Bertz CT molecular complexity index is 864. The smallest absolute Gasteiger partial charge is 0.173 e. The Balaban J connectivity index is 1.45. The van der Waals surface area contributed by atoms with Crippen LogP contribution in [0.2, 0.25) is 0 Å². The van der Waals surface area contributed by atoms with Crippen LogP contribution in [0.25, 0.3) is 0 Å². The predicted octanol–water partition coefficient (Wildman–Crippen LogP) is 6.04. The van der Waals surface area contributed by atoms with E-state index in [1.165, 1.54) is 16.7 Å². The van der Waals surface area contributed by atoms with E-state index in [2.05, 4.69) is 51.0 Å². The van der Waals surface area contributed by atoms with Gasteiger partial charge in [0.15, 0.2) is 5.78 Å². The summed E-state index contributed by atoms with van der Waals surface area (Å²) in [5.41, 5.74) is 4.99. The van der Waals surface area contributed by atoms with Crippen molar-refractivity contribution >= 4 is 12.0 Å². The van der Waals surface area contributed by atoms with Crippen molar-refractivity contribution in [3.63, 3.8) is 0 Å². The van der Waals surface area contributed by atoms with Crippen molar-refractivity contribution in [2.24, 2.45) is 11.1 Å². The Morgan fingerprint density at radius 2 is 1.80 bits per heavy atom. The number of hydrogen-bond acceptors (Lipinski definition) is 4. The van der Waals surface area contributed by atoms with Gasteiger partial charge in [-0.2, -0.15) is 0 Å². The third-order valence-electron chi connectivity index (χ3n) is 5.49. The van der Waals surface area contributed by atoms with E-state index in [0.29, 0.717) is 24.9 Å². The molecule has 0 saturated heterocycles. The van der Waals surface area contributed by atoms with Gasteiger partial charge in [-0.3, -0.25) is 4.79 Å². The summed E-state index contributed by atoms with van der Waals surface area (Å²) in [5.74, 6) is 2.15. The summed E-state index contributed by atoms with van der Waals surface area (Å²) in [6, 6.07) is 14.4. The molecule has 0 atom stereocenters. The van der Waals surface area contributed by atoms with Gasteiger partial charge in [0.25, 0.3) is 0 Å². The van der Waals surface area contributed by atoms with Crippen molar-refractivity contribution in [2.75, 3.05) is 6.61 Å². The molecule has 1 aliphatic rings. The minimum absolute atomic E-state index is 0.176. The first-order valence-electron chi connectivity index (χ1n) is 10.9. The molecule has 0 N–H and O–H groups in total. The summed E-state index contributed by atoms with van der Waals surface area (Å²) in [4.78, 5) is 17.3. The van der Waals surface area contributed by atoms with Crippen LogP contribution >= 0.6 is 0 Å². The summed E-state index contributed by atoms with van der Waals surface area (Å²) in [7, 11) is 0. The molecular weight excluding hydrogens is 374 g/mol. The largest absolute Gasteiger partial charge is 0.486 e. The summed E-state index contributed by atoms with van der Waals surface area (Å²) in [6.07, 6.45) is 4.50. The average Bonchev–Trinajstić information content (AvgIpc) is 3.58. The van der Waals surface area contributed by atoms with Gasteiger partial charge in [0.1, 0.15) is 19.0 Å². The Hall–Kier alpha value is -2.62. The molecule has 0 spiro atoms. The van der Waals surface area contributed by atoms with Crippen molar-refractivity contribution in [2.45, 2.75) is 65.4 Å². The lowest BCUT2D eigenvalue weighted by Crippen LogP contribution is -2.12. The molecule has 1 fully saturated rings. The standard InChI is InChI=1S/C26H33NO3/c1-18(2)22-9-10-23(25(15-22)19(3)4)16-30-27-14-13-20-5-11-24(12-6-20)29-17-26(28)21-7-8-21/h5-6,9-12,14-15,18-19,21H,7-8,13,16-17H2,1-4H3. The molecule has 0 bridgehead atoms. The van der Waals surface area contributed by atoms with Crippen LogP contribution in [0.1, 0.15) is 74.6 Å². The molecule has 4 heteroatoms. The molecule has 0 amide bonds. The molecule has 1 saturated carbocycles. The molecule has 30 heavy (non-hydrogen) atoms. The second kappa shape index (κ2) is 10.4. The third kappa shape index (κ3) is 6.45. The maximum Gasteiger partial charge on any atom is 0.173 e. The van der Waals surface area contributed by atoms with Gasteiger partial charge in [-0.15, -0.1) is 0 Å². The van der Waals surface area contributed by atoms with E-state index in [9.17, 15) is 4.79 Å². The zero-order valence-corrected chi connectivity index (χ0v) is 18.6. The fourth-order valence-corrected chi connectivity index (χ4v) is 3.34. The highest BCUT2D eigenvalue weighted by atomic mass is 16.6. The molecule has 0 radical (unpaired) electrons. The minimum atomic E-state index is 0.176. The summed E-state index contributed by atoms with van der Waals surface area (Å²) >= 11 is 0. The molecule has 0 heterocycles. The number of rotatable bonds is 11. The number of oxime groups is 1. The van der Waals surface area contributed by atoms with Crippen molar-refractivity contribution in [3.8, 4) is 5.75 Å². The first kappa shape index (κ1) is 22.1. The van der Waals surface area contributed by atoms with E-state index in [1.807, 2.05) is 24.3 Å². The molecule has 2 aromatic carbocycles. The fourth-order valence-electron chi connectivity index (χ4n) is 3.34. The van der Waals surface area contributed by atoms with Crippen LogP contribution in [0, 0.1) is 5.92 Å². The molecule has 160 valence electrons. The van der Waals surface area contributed by atoms with E-state index < -0.39 is 0 Å². The maximum atomic E-state index is 11.7. The van der Waals surface area contributed by atoms with Crippen LogP contribution in [0.4, 0.5) is 0 Å².